The molecule has 78 valence electrons. The fourth-order valence-corrected chi connectivity index (χ4v) is 0.755. The lowest BCUT2D eigenvalue weighted by atomic mass is 10.1. The van der Waals surface area contributed by atoms with E-state index in [9.17, 15) is 9.59 Å². The first-order chi connectivity index (χ1) is 7.02. The second-order valence-electron chi connectivity index (χ2n) is 2.29. The number of hydrogen-bond acceptors (Lipinski definition) is 4. The first-order valence-corrected chi connectivity index (χ1v) is 3.63. The van der Waals surface area contributed by atoms with Crippen molar-refractivity contribution in [3.63, 3.8) is 0 Å². The van der Waals surface area contributed by atoms with Crippen molar-refractivity contribution >= 4 is 18.0 Å². The van der Waals surface area contributed by atoms with Crippen molar-refractivity contribution in [2.75, 3.05) is 0 Å². The van der Waals surface area contributed by atoms with Gasteiger partial charge in [0.05, 0.1) is 11.1 Å². The smallest absolute Gasteiger partial charge is 0.335 e. The summed E-state index contributed by atoms with van der Waals surface area (Å²) in [5.74, 6) is -2.13. The summed E-state index contributed by atoms with van der Waals surface area (Å²) in [6.45, 7) is 0. The highest BCUT2D eigenvalue weighted by molar-refractivity contribution is 5.91. The molecule has 6 nitrogen and oxygen atoms in total. The van der Waals surface area contributed by atoms with Gasteiger partial charge in [-0.25, -0.2) is 19.8 Å². The molecule has 3 N–H and O–H groups in total. The van der Waals surface area contributed by atoms with E-state index < -0.39 is 11.9 Å². The van der Waals surface area contributed by atoms with Gasteiger partial charge in [0, 0.05) is 0 Å². The van der Waals surface area contributed by atoms with Gasteiger partial charge in [-0.1, -0.05) is 0 Å². The van der Waals surface area contributed by atoms with E-state index in [-0.39, 0.29) is 11.1 Å². The minimum atomic E-state index is -1.06. The first kappa shape index (κ1) is 12.5. The van der Waals surface area contributed by atoms with Crippen molar-refractivity contribution < 1.29 is 24.6 Å². The van der Waals surface area contributed by atoms with E-state index in [0.29, 0.717) is 0 Å². The largest absolute Gasteiger partial charge is 0.478 e. The number of carbonyl (C=O) groups excluding carboxylic acids is 1. The summed E-state index contributed by atoms with van der Waals surface area (Å²) in [4.78, 5) is 29.0. The van der Waals surface area contributed by atoms with Crippen molar-refractivity contribution in [2.24, 2.45) is 0 Å². The van der Waals surface area contributed by atoms with Gasteiger partial charge in [-0.05, 0) is 24.3 Å². The number of carbonyl (C=O) groups is 2. The lowest BCUT2D eigenvalue weighted by Gasteiger charge is -1.94. The van der Waals surface area contributed by atoms with Gasteiger partial charge in [0.1, 0.15) is 0 Å². The Bertz CT molecular complexity index is 356. The molecule has 1 aromatic rings. The molecule has 0 fully saturated rings. The topological polar surface area (TPSA) is 116 Å². The van der Waals surface area contributed by atoms with Crippen LogP contribution in [0.15, 0.2) is 24.3 Å². The van der Waals surface area contributed by atoms with Crippen molar-refractivity contribution in [1.82, 2.24) is 0 Å². The van der Waals surface area contributed by atoms with Gasteiger partial charge in [0.15, 0.2) is 0 Å². The Hall–Kier alpha value is -2.46. The van der Waals surface area contributed by atoms with Crippen LogP contribution >= 0.6 is 0 Å². The molecule has 0 bridgehead atoms. The molecule has 0 saturated carbocycles. The molecule has 0 unspecified atom stereocenters. The van der Waals surface area contributed by atoms with E-state index >= 15 is 0 Å². The van der Waals surface area contributed by atoms with Gasteiger partial charge >= 0.3 is 11.9 Å². The van der Waals surface area contributed by atoms with E-state index in [0.717, 1.165) is 6.08 Å². The van der Waals surface area contributed by atoms with Gasteiger partial charge in [-0.15, -0.1) is 0 Å². The van der Waals surface area contributed by atoms with Gasteiger partial charge in [0.25, 0.3) is 0 Å². The highest BCUT2D eigenvalue weighted by atomic mass is 16.4. The maximum absolute atomic E-state index is 10.3. The van der Waals surface area contributed by atoms with Crippen LogP contribution in [0.2, 0.25) is 0 Å². The monoisotopic (exact) mass is 209 g/mol. The van der Waals surface area contributed by atoms with Crippen LogP contribution in [-0.4, -0.2) is 28.2 Å². The van der Waals surface area contributed by atoms with E-state index in [2.05, 4.69) is 0 Å². The zero-order chi connectivity index (χ0) is 11.8. The number of rotatable bonds is 2. The third-order valence-corrected chi connectivity index (χ3v) is 1.38. The van der Waals surface area contributed by atoms with Gasteiger partial charge < -0.3 is 10.2 Å². The molecule has 0 atom stereocenters. The van der Waals surface area contributed by atoms with E-state index in [4.69, 9.17) is 20.4 Å². The van der Waals surface area contributed by atoms with Gasteiger partial charge in [-0.2, -0.15) is 0 Å². The van der Waals surface area contributed by atoms with Crippen LogP contribution in [0.3, 0.4) is 0 Å². The maximum atomic E-state index is 10.3. The fourth-order valence-electron chi connectivity index (χ4n) is 0.755. The number of hydrogen-bond donors (Lipinski definition) is 3. The lowest BCUT2D eigenvalue weighted by molar-refractivity contribution is 0.0681. The van der Waals surface area contributed by atoms with Crippen molar-refractivity contribution in [2.45, 2.75) is 0 Å². The molecule has 1 rings (SSSR count). The van der Waals surface area contributed by atoms with Crippen LogP contribution in [0.25, 0.3) is 0 Å². The molecule has 0 aliphatic carbocycles. The molecule has 0 spiro atoms. The molecule has 0 aromatic heterocycles. The minimum Gasteiger partial charge on any atom is -0.478 e. The molecule has 0 amide bonds. The third kappa shape index (κ3) is 4.35. The molecule has 0 radical (unpaired) electrons. The Kier molecular flexibility index (Phi) is 5.07. The van der Waals surface area contributed by atoms with E-state index in [1.54, 1.807) is 0 Å². The maximum Gasteiger partial charge on any atom is 0.335 e. The molecular weight excluding hydrogens is 202 g/mol. The third-order valence-electron chi connectivity index (χ3n) is 1.38. The summed E-state index contributed by atoms with van der Waals surface area (Å²) in [6, 6.07) is 5.02. The number of carboxylic acids is 2. The second-order valence-corrected chi connectivity index (χ2v) is 2.29. The summed E-state index contributed by atoms with van der Waals surface area (Å²) < 4.78 is 0. The Balaban J connectivity index is 0.000000583. The highest BCUT2D eigenvalue weighted by Crippen LogP contribution is 2.03. The molecule has 0 saturated heterocycles. The van der Waals surface area contributed by atoms with E-state index in [1.165, 1.54) is 24.3 Å². The molecule has 0 aliphatic rings. The number of aromatic carboxylic acids is 2. The summed E-state index contributed by atoms with van der Waals surface area (Å²) in [6.07, 6.45) is 0.750. The Morgan fingerprint density at radius 3 is 1.33 bits per heavy atom. The Morgan fingerprint density at radius 2 is 1.20 bits per heavy atom. The zero-order valence-electron chi connectivity index (χ0n) is 7.43. The molecule has 0 aliphatic heterocycles. The average Bonchev–Trinajstić information content (AvgIpc) is 2.19. The van der Waals surface area contributed by atoms with Crippen molar-refractivity contribution in [1.29, 1.82) is 5.41 Å². The molecule has 15 heavy (non-hydrogen) atoms. The zero-order valence-corrected chi connectivity index (χ0v) is 7.43. The highest BCUT2D eigenvalue weighted by Gasteiger charge is 2.04. The first-order valence-electron chi connectivity index (χ1n) is 3.63. The summed E-state index contributed by atoms with van der Waals surface area (Å²) >= 11 is 0. The molecule has 6 heteroatoms. The fraction of sp³-hybridized carbons (Fsp3) is 0. The van der Waals surface area contributed by atoms with Crippen LogP contribution in [-0.2, 0) is 4.79 Å². The Labute approximate surface area is 84.3 Å². The normalized spacial score (nSPS) is 8.00. The number of nitrogens with one attached hydrogen (secondary N) is 1. The standard InChI is InChI=1S/C8H6O4.CHNO/c9-7(10)5-1-2-6(4-3-5)8(11)12;2-1-3/h1-4H,(H,9,10)(H,11,12);2H. The summed E-state index contributed by atoms with van der Waals surface area (Å²) in [5.41, 5.74) is 0.167. The number of benzene rings is 1. The number of isocyanates is 1. The second kappa shape index (κ2) is 6.06. The van der Waals surface area contributed by atoms with Crippen molar-refractivity contribution in [3.8, 4) is 0 Å². The SMILES string of the molecule is N=C=O.O=C(O)c1ccc(C(=O)O)cc1. The van der Waals surface area contributed by atoms with Crippen LogP contribution < -0.4 is 0 Å². The van der Waals surface area contributed by atoms with Crippen LogP contribution in [0.1, 0.15) is 20.7 Å². The van der Waals surface area contributed by atoms with Crippen LogP contribution in [0.5, 0.6) is 0 Å². The van der Waals surface area contributed by atoms with Gasteiger partial charge in [-0.3, -0.25) is 0 Å². The quantitative estimate of drug-likeness (QED) is 0.496. The molecule has 1 aromatic carbocycles. The predicted octanol–water partition coefficient (Wildman–Crippen LogP) is 0.984. The molecule has 0 heterocycles. The average molecular weight is 209 g/mol. The van der Waals surface area contributed by atoms with Crippen LogP contribution in [0, 0.1) is 5.41 Å². The molecular formula is C9H7NO5. The van der Waals surface area contributed by atoms with Crippen molar-refractivity contribution in [3.05, 3.63) is 35.4 Å². The van der Waals surface area contributed by atoms with Gasteiger partial charge in [0.2, 0.25) is 6.08 Å². The van der Waals surface area contributed by atoms with E-state index in [1.807, 2.05) is 0 Å². The minimum absolute atomic E-state index is 0.0833. The predicted molar refractivity (Wildman–Crippen MR) is 48.8 cm³/mol. The Morgan fingerprint density at radius 1 is 1.00 bits per heavy atom. The summed E-state index contributed by atoms with van der Waals surface area (Å²) in [5, 5.41) is 22.3. The van der Waals surface area contributed by atoms with Crippen LogP contribution in [0.4, 0.5) is 0 Å². The lowest BCUT2D eigenvalue weighted by Crippen LogP contribution is -1.99. The number of carboxylic acid groups (broad SMARTS) is 2. The summed E-state index contributed by atoms with van der Waals surface area (Å²) in [7, 11) is 0.